The molecule has 2 aromatic rings. The van der Waals surface area contributed by atoms with Crippen molar-refractivity contribution in [3.8, 4) is 5.75 Å². The number of ether oxygens (including phenoxy) is 1. The summed E-state index contributed by atoms with van der Waals surface area (Å²) in [6.07, 6.45) is 0.714. The lowest BCUT2D eigenvalue weighted by atomic mass is 9.99. The molecule has 5 heteroatoms. The number of aromatic nitrogens is 2. The van der Waals surface area contributed by atoms with Crippen LogP contribution in [0.5, 0.6) is 5.75 Å². The van der Waals surface area contributed by atoms with Gasteiger partial charge in [-0.15, -0.1) is 5.10 Å². The van der Waals surface area contributed by atoms with Gasteiger partial charge in [-0.25, -0.2) is 0 Å². The molecule has 0 aliphatic carbocycles. The van der Waals surface area contributed by atoms with Gasteiger partial charge in [0, 0.05) is 5.56 Å². The molecule has 0 N–H and O–H groups in total. The number of benzene rings is 1. The number of carbonyl (C=O) groups is 1. The number of aryl methyl sites for hydroxylation is 3. The Hall–Kier alpha value is -1.75. The largest absolute Gasteiger partial charge is 0.496 e. The molecule has 4 nitrogen and oxygen atoms in total. The molecule has 0 aliphatic rings. The monoisotopic (exact) mass is 276 g/mol. The zero-order valence-electron chi connectivity index (χ0n) is 11.5. The van der Waals surface area contributed by atoms with E-state index < -0.39 is 0 Å². The van der Waals surface area contributed by atoms with Gasteiger partial charge >= 0.3 is 0 Å². The van der Waals surface area contributed by atoms with E-state index in [1.807, 2.05) is 32.9 Å². The maximum Gasteiger partial charge on any atom is 0.206 e. The third kappa shape index (κ3) is 2.51. The summed E-state index contributed by atoms with van der Waals surface area (Å²) in [4.78, 5) is 13.2. The molecule has 0 bridgehead atoms. The summed E-state index contributed by atoms with van der Waals surface area (Å²) >= 11 is 1.16. The summed E-state index contributed by atoms with van der Waals surface area (Å²) < 4.78 is 9.13. The Bertz CT molecular complexity index is 620. The van der Waals surface area contributed by atoms with Crippen LogP contribution in [0.25, 0.3) is 0 Å². The third-order valence-electron chi connectivity index (χ3n) is 3.08. The van der Waals surface area contributed by atoms with Gasteiger partial charge in [0.05, 0.1) is 12.8 Å². The predicted octanol–water partition coefficient (Wildman–Crippen LogP) is 2.96. The van der Waals surface area contributed by atoms with Crippen molar-refractivity contribution in [3.63, 3.8) is 0 Å². The minimum Gasteiger partial charge on any atom is -0.496 e. The molecule has 0 unspecified atom stereocenters. The SMILES string of the molecule is CCc1nnsc1C(=O)c1cc(C)c(OC)cc1C. The van der Waals surface area contributed by atoms with E-state index in [0.717, 1.165) is 34.1 Å². The Morgan fingerprint density at radius 3 is 2.68 bits per heavy atom. The molecule has 100 valence electrons. The van der Waals surface area contributed by atoms with Crippen LogP contribution in [0.15, 0.2) is 12.1 Å². The predicted molar refractivity (Wildman–Crippen MR) is 75.2 cm³/mol. The maximum absolute atomic E-state index is 12.5. The lowest BCUT2D eigenvalue weighted by molar-refractivity contribution is 0.104. The van der Waals surface area contributed by atoms with Gasteiger partial charge in [0.15, 0.2) is 0 Å². The van der Waals surface area contributed by atoms with E-state index in [4.69, 9.17) is 4.74 Å². The van der Waals surface area contributed by atoms with Crippen LogP contribution in [-0.4, -0.2) is 22.5 Å². The summed E-state index contributed by atoms with van der Waals surface area (Å²) in [5.41, 5.74) is 3.32. The minimum atomic E-state index is -0.00453. The van der Waals surface area contributed by atoms with Crippen molar-refractivity contribution in [2.45, 2.75) is 27.2 Å². The quantitative estimate of drug-likeness (QED) is 0.806. The van der Waals surface area contributed by atoms with Gasteiger partial charge in [-0.1, -0.05) is 11.4 Å². The number of hydrogen-bond donors (Lipinski definition) is 0. The van der Waals surface area contributed by atoms with Gasteiger partial charge < -0.3 is 4.74 Å². The van der Waals surface area contributed by atoms with Gasteiger partial charge in [0.2, 0.25) is 5.78 Å². The first-order valence-corrected chi connectivity index (χ1v) is 6.87. The topological polar surface area (TPSA) is 52.1 Å². The summed E-state index contributed by atoms with van der Waals surface area (Å²) in [7, 11) is 1.63. The highest BCUT2D eigenvalue weighted by Gasteiger charge is 2.19. The van der Waals surface area contributed by atoms with Crippen molar-refractivity contribution in [2.75, 3.05) is 7.11 Å². The first kappa shape index (κ1) is 13.7. The molecular formula is C14H16N2O2S. The molecule has 0 saturated heterocycles. The number of carbonyl (C=O) groups excluding carboxylic acids is 1. The maximum atomic E-state index is 12.5. The van der Waals surface area contributed by atoms with E-state index in [9.17, 15) is 4.79 Å². The molecule has 19 heavy (non-hydrogen) atoms. The minimum absolute atomic E-state index is 0.00453. The molecule has 0 aliphatic heterocycles. The highest BCUT2D eigenvalue weighted by atomic mass is 32.1. The van der Waals surface area contributed by atoms with Crippen molar-refractivity contribution in [1.82, 2.24) is 9.59 Å². The Kier molecular flexibility index (Phi) is 3.95. The second kappa shape index (κ2) is 5.48. The van der Waals surface area contributed by atoms with Crippen LogP contribution in [0.3, 0.4) is 0 Å². The number of ketones is 1. The smallest absolute Gasteiger partial charge is 0.206 e. The van der Waals surface area contributed by atoms with E-state index in [2.05, 4.69) is 9.59 Å². The average molecular weight is 276 g/mol. The van der Waals surface area contributed by atoms with Gasteiger partial charge in [0.1, 0.15) is 10.6 Å². The molecular weight excluding hydrogens is 260 g/mol. The fourth-order valence-electron chi connectivity index (χ4n) is 1.99. The zero-order chi connectivity index (χ0) is 14.0. The van der Waals surface area contributed by atoms with Crippen molar-refractivity contribution in [3.05, 3.63) is 39.4 Å². The lowest BCUT2D eigenvalue weighted by Gasteiger charge is -2.10. The molecule has 0 amide bonds. The van der Waals surface area contributed by atoms with Crippen LogP contribution < -0.4 is 4.74 Å². The number of nitrogens with zero attached hydrogens (tertiary/aromatic N) is 2. The first-order chi connectivity index (χ1) is 9.08. The fraction of sp³-hybridized carbons (Fsp3) is 0.357. The molecule has 1 aromatic carbocycles. The molecule has 1 heterocycles. The Labute approximate surface area is 116 Å². The summed E-state index contributed by atoms with van der Waals surface area (Å²) in [5, 5.41) is 3.99. The second-order valence-corrected chi connectivity index (χ2v) is 5.12. The van der Waals surface area contributed by atoms with Crippen molar-refractivity contribution < 1.29 is 9.53 Å². The fourth-order valence-corrected chi connectivity index (χ4v) is 2.69. The van der Waals surface area contributed by atoms with Crippen LogP contribution in [0.1, 0.15) is 39.0 Å². The van der Waals surface area contributed by atoms with E-state index in [-0.39, 0.29) is 5.78 Å². The lowest BCUT2D eigenvalue weighted by Crippen LogP contribution is -2.06. The van der Waals surface area contributed by atoms with Gasteiger partial charge in [-0.05, 0) is 55.1 Å². The van der Waals surface area contributed by atoms with E-state index >= 15 is 0 Å². The summed E-state index contributed by atoms with van der Waals surface area (Å²) in [5.74, 6) is 0.794. The molecule has 0 atom stereocenters. The number of methoxy groups -OCH3 is 1. The van der Waals surface area contributed by atoms with E-state index in [0.29, 0.717) is 16.9 Å². The first-order valence-electron chi connectivity index (χ1n) is 6.09. The van der Waals surface area contributed by atoms with Crippen LogP contribution in [0, 0.1) is 13.8 Å². The van der Waals surface area contributed by atoms with E-state index in [1.165, 1.54) is 0 Å². The van der Waals surface area contributed by atoms with Crippen molar-refractivity contribution in [1.29, 1.82) is 0 Å². The molecule has 0 fully saturated rings. The highest BCUT2D eigenvalue weighted by Crippen LogP contribution is 2.26. The zero-order valence-corrected chi connectivity index (χ0v) is 12.3. The standard InChI is InChI=1S/C14H16N2O2S/c1-5-11-14(19-16-15-11)13(17)10-6-9(3)12(18-4)7-8(10)2/h6-7H,5H2,1-4H3. The van der Waals surface area contributed by atoms with Gasteiger partial charge in [-0.3, -0.25) is 4.79 Å². The van der Waals surface area contributed by atoms with Gasteiger partial charge in [0.25, 0.3) is 0 Å². The highest BCUT2D eigenvalue weighted by molar-refractivity contribution is 7.08. The summed E-state index contributed by atoms with van der Waals surface area (Å²) in [6.45, 7) is 5.82. The Morgan fingerprint density at radius 1 is 1.32 bits per heavy atom. The molecule has 0 saturated carbocycles. The number of hydrogen-bond acceptors (Lipinski definition) is 5. The molecule has 0 radical (unpaired) electrons. The van der Waals surface area contributed by atoms with Crippen molar-refractivity contribution in [2.24, 2.45) is 0 Å². The molecule has 2 rings (SSSR count). The average Bonchev–Trinajstić information content (AvgIpc) is 2.88. The summed E-state index contributed by atoms with van der Waals surface area (Å²) in [6, 6.07) is 3.76. The Morgan fingerprint density at radius 2 is 2.05 bits per heavy atom. The van der Waals surface area contributed by atoms with Crippen LogP contribution in [0.2, 0.25) is 0 Å². The normalized spacial score (nSPS) is 10.5. The van der Waals surface area contributed by atoms with E-state index in [1.54, 1.807) is 7.11 Å². The molecule has 0 spiro atoms. The van der Waals surface area contributed by atoms with Gasteiger partial charge in [-0.2, -0.15) is 0 Å². The third-order valence-corrected chi connectivity index (χ3v) is 3.85. The Balaban J connectivity index is 2.48. The molecule has 1 aromatic heterocycles. The number of rotatable bonds is 4. The van der Waals surface area contributed by atoms with Crippen molar-refractivity contribution >= 4 is 17.3 Å². The second-order valence-electron chi connectivity index (χ2n) is 4.37. The van der Waals surface area contributed by atoms with Crippen LogP contribution in [0.4, 0.5) is 0 Å². The van der Waals surface area contributed by atoms with Crippen LogP contribution in [-0.2, 0) is 6.42 Å². The van der Waals surface area contributed by atoms with Crippen LogP contribution >= 0.6 is 11.5 Å².